The molecular weight excluding hydrogens is 342 g/mol. The van der Waals surface area contributed by atoms with E-state index < -0.39 is 9.84 Å². The summed E-state index contributed by atoms with van der Waals surface area (Å²) in [6.07, 6.45) is 1.18. The lowest BCUT2D eigenvalue weighted by molar-refractivity contribution is 0.0944. The van der Waals surface area contributed by atoms with Crippen molar-refractivity contribution in [3.63, 3.8) is 0 Å². The van der Waals surface area contributed by atoms with Crippen molar-refractivity contribution in [1.29, 1.82) is 0 Å². The molecule has 1 N–H and O–H groups in total. The molecule has 24 heavy (non-hydrogen) atoms. The molecule has 0 aliphatic carbocycles. The Kier molecular flexibility index (Phi) is 4.43. The fourth-order valence-electron chi connectivity index (χ4n) is 2.45. The zero-order valence-electron chi connectivity index (χ0n) is 13.3. The topological polar surface area (TPSA) is 63.2 Å². The van der Waals surface area contributed by atoms with Crippen LogP contribution < -0.4 is 5.32 Å². The normalized spacial score (nSPS) is 12.9. The maximum Gasteiger partial charge on any atom is 0.261 e. The summed E-state index contributed by atoms with van der Waals surface area (Å²) in [5, 5.41) is 4.01. The summed E-state index contributed by atoms with van der Waals surface area (Å²) < 4.78 is 24.1. The first kappa shape index (κ1) is 16.7. The highest BCUT2D eigenvalue weighted by molar-refractivity contribution is 7.90. The van der Waals surface area contributed by atoms with Crippen LogP contribution in [0.15, 0.2) is 59.5 Å². The van der Waals surface area contributed by atoms with Crippen LogP contribution >= 0.6 is 11.3 Å². The SMILES string of the molecule is C[C@H](NC(=O)c1cc2ccccc2s1)c1ccc(S(C)(=O)=O)cc1. The summed E-state index contributed by atoms with van der Waals surface area (Å²) in [5.41, 5.74) is 0.858. The lowest BCUT2D eigenvalue weighted by atomic mass is 10.1. The fourth-order valence-corrected chi connectivity index (χ4v) is 4.04. The number of rotatable bonds is 4. The second-order valence-electron chi connectivity index (χ2n) is 5.68. The number of benzene rings is 2. The van der Waals surface area contributed by atoms with Crippen LogP contribution in [0.25, 0.3) is 10.1 Å². The highest BCUT2D eigenvalue weighted by Crippen LogP contribution is 2.26. The van der Waals surface area contributed by atoms with Gasteiger partial charge in [-0.15, -0.1) is 11.3 Å². The summed E-state index contributed by atoms with van der Waals surface area (Å²) in [6, 6.07) is 16.1. The molecule has 124 valence electrons. The smallest absolute Gasteiger partial charge is 0.261 e. The third-order valence-electron chi connectivity index (χ3n) is 3.81. The van der Waals surface area contributed by atoms with Crippen LogP contribution in [0.5, 0.6) is 0 Å². The predicted octanol–water partition coefficient (Wildman–Crippen LogP) is 3.80. The van der Waals surface area contributed by atoms with Crippen LogP contribution in [-0.4, -0.2) is 20.6 Å². The molecular formula is C18H17NO3S2. The lowest BCUT2D eigenvalue weighted by Gasteiger charge is -2.14. The highest BCUT2D eigenvalue weighted by Gasteiger charge is 2.15. The third kappa shape index (κ3) is 3.49. The Labute approximate surface area is 145 Å². The van der Waals surface area contributed by atoms with Crippen molar-refractivity contribution in [3.05, 3.63) is 65.0 Å². The van der Waals surface area contributed by atoms with Crippen LogP contribution in [0, 0.1) is 0 Å². The predicted molar refractivity (Wildman–Crippen MR) is 97.3 cm³/mol. The van der Waals surface area contributed by atoms with Gasteiger partial charge in [0.15, 0.2) is 9.84 Å². The Morgan fingerprint density at radius 2 is 1.75 bits per heavy atom. The van der Waals surface area contributed by atoms with Crippen molar-refractivity contribution in [1.82, 2.24) is 5.32 Å². The molecule has 0 radical (unpaired) electrons. The number of nitrogens with one attached hydrogen (secondary N) is 1. The van der Waals surface area contributed by atoms with Crippen LogP contribution in [-0.2, 0) is 9.84 Å². The zero-order valence-corrected chi connectivity index (χ0v) is 14.9. The molecule has 6 heteroatoms. The van der Waals surface area contributed by atoms with Crippen molar-refractivity contribution >= 4 is 37.2 Å². The van der Waals surface area contributed by atoms with Gasteiger partial charge in [0, 0.05) is 11.0 Å². The molecule has 0 fully saturated rings. The van der Waals surface area contributed by atoms with Gasteiger partial charge in [-0.2, -0.15) is 0 Å². The summed E-state index contributed by atoms with van der Waals surface area (Å²) >= 11 is 1.46. The molecule has 0 spiro atoms. The van der Waals surface area contributed by atoms with Gasteiger partial charge in [-0.05, 0) is 42.1 Å². The van der Waals surface area contributed by atoms with Gasteiger partial charge in [-0.3, -0.25) is 4.79 Å². The molecule has 1 atom stereocenters. The fraction of sp³-hybridized carbons (Fsp3) is 0.167. The maximum absolute atomic E-state index is 12.4. The Bertz CT molecular complexity index is 956. The molecule has 1 amide bonds. The van der Waals surface area contributed by atoms with E-state index in [0.29, 0.717) is 4.88 Å². The zero-order chi connectivity index (χ0) is 17.3. The summed E-state index contributed by atoms with van der Waals surface area (Å²) in [4.78, 5) is 13.4. The number of hydrogen-bond donors (Lipinski definition) is 1. The van der Waals surface area contributed by atoms with E-state index in [1.165, 1.54) is 17.6 Å². The van der Waals surface area contributed by atoms with Gasteiger partial charge < -0.3 is 5.32 Å². The van der Waals surface area contributed by atoms with Crippen molar-refractivity contribution in [2.75, 3.05) is 6.26 Å². The van der Waals surface area contributed by atoms with Gasteiger partial charge in [-0.25, -0.2) is 8.42 Å². The highest BCUT2D eigenvalue weighted by atomic mass is 32.2. The molecule has 0 saturated carbocycles. The number of carbonyl (C=O) groups excluding carboxylic acids is 1. The van der Waals surface area contributed by atoms with E-state index in [0.717, 1.165) is 15.6 Å². The summed E-state index contributed by atoms with van der Waals surface area (Å²) in [7, 11) is -3.21. The first-order valence-electron chi connectivity index (χ1n) is 7.44. The number of hydrogen-bond acceptors (Lipinski definition) is 4. The van der Waals surface area contributed by atoms with E-state index in [2.05, 4.69) is 5.32 Å². The monoisotopic (exact) mass is 359 g/mol. The van der Waals surface area contributed by atoms with Crippen LogP contribution in [0.4, 0.5) is 0 Å². The average Bonchev–Trinajstić information content (AvgIpc) is 2.98. The molecule has 3 aromatic rings. The molecule has 3 rings (SSSR count). The number of carbonyl (C=O) groups is 1. The third-order valence-corrected chi connectivity index (χ3v) is 6.05. The minimum absolute atomic E-state index is 0.129. The molecule has 0 unspecified atom stereocenters. The summed E-state index contributed by atoms with van der Waals surface area (Å²) in [5.74, 6) is -0.129. The van der Waals surface area contributed by atoms with E-state index in [9.17, 15) is 13.2 Å². The van der Waals surface area contributed by atoms with E-state index >= 15 is 0 Å². The summed E-state index contributed by atoms with van der Waals surface area (Å²) in [6.45, 7) is 1.88. The molecule has 0 bridgehead atoms. The minimum Gasteiger partial charge on any atom is -0.345 e. The number of thiophene rings is 1. The van der Waals surface area contributed by atoms with Gasteiger partial charge in [0.25, 0.3) is 5.91 Å². The molecule has 0 saturated heterocycles. The maximum atomic E-state index is 12.4. The second-order valence-corrected chi connectivity index (χ2v) is 8.78. The number of fused-ring (bicyclic) bond motifs is 1. The molecule has 1 aromatic heterocycles. The Morgan fingerprint density at radius 1 is 1.08 bits per heavy atom. The van der Waals surface area contributed by atoms with Crippen LogP contribution in [0.1, 0.15) is 28.2 Å². The standard InChI is InChI=1S/C18H17NO3S2/c1-12(13-7-9-15(10-8-13)24(2,21)22)19-18(20)17-11-14-5-3-4-6-16(14)23-17/h3-12H,1-2H3,(H,19,20)/t12-/m0/s1. The van der Waals surface area contributed by atoms with E-state index in [1.54, 1.807) is 24.3 Å². The van der Waals surface area contributed by atoms with Gasteiger partial charge in [0.2, 0.25) is 0 Å². The molecule has 2 aromatic carbocycles. The van der Waals surface area contributed by atoms with E-state index in [4.69, 9.17) is 0 Å². The van der Waals surface area contributed by atoms with E-state index in [-0.39, 0.29) is 16.8 Å². The quantitative estimate of drug-likeness (QED) is 0.771. The van der Waals surface area contributed by atoms with Crippen molar-refractivity contribution in [2.24, 2.45) is 0 Å². The minimum atomic E-state index is -3.21. The first-order chi connectivity index (χ1) is 11.3. The lowest BCUT2D eigenvalue weighted by Crippen LogP contribution is -2.25. The molecule has 1 heterocycles. The van der Waals surface area contributed by atoms with Gasteiger partial charge >= 0.3 is 0 Å². The number of sulfone groups is 1. The van der Waals surface area contributed by atoms with Gasteiger partial charge in [-0.1, -0.05) is 30.3 Å². The molecule has 4 nitrogen and oxygen atoms in total. The van der Waals surface area contributed by atoms with Crippen molar-refractivity contribution in [2.45, 2.75) is 17.9 Å². The Morgan fingerprint density at radius 3 is 2.38 bits per heavy atom. The van der Waals surface area contributed by atoms with Crippen LogP contribution in [0.3, 0.4) is 0 Å². The molecule has 0 aliphatic rings. The Balaban J connectivity index is 1.76. The molecule has 0 aliphatic heterocycles. The van der Waals surface area contributed by atoms with Crippen molar-refractivity contribution in [3.8, 4) is 0 Å². The van der Waals surface area contributed by atoms with Crippen molar-refractivity contribution < 1.29 is 13.2 Å². The van der Waals surface area contributed by atoms with E-state index in [1.807, 2.05) is 37.3 Å². The largest absolute Gasteiger partial charge is 0.345 e. The first-order valence-corrected chi connectivity index (χ1v) is 10.1. The average molecular weight is 359 g/mol. The van der Waals surface area contributed by atoms with Gasteiger partial charge in [0.05, 0.1) is 15.8 Å². The Hall–Kier alpha value is -2.18. The van der Waals surface area contributed by atoms with Gasteiger partial charge in [0.1, 0.15) is 0 Å². The van der Waals surface area contributed by atoms with Crippen LogP contribution in [0.2, 0.25) is 0 Å². The second kappa shape index (κ2) is 6.37. The number of amides is 1.